The Balaban J connectivity index is 2.62. The Hall–Kier alpha value is -0.620. The quantitative estimate of drug-likeness (QED) is 0.516. The molecule has 0 saturated carbocycles. The fourth-order valence-corrected chi connectivity index (χ4v) is 2.23. The minimum absolute atomic E-state index is 0.00671. The highest BCUT2D eigenvalue weighted by atomic mass is 32.2. The molecule has 1 fully saturated rings. The third kappa shape index (κ3) is 1.90. The monoisotopic (exact) mass is 179 g/mol. The first-order chi connectivity index (χ1) is 5.05. The molecule has 1 rings (SSSR count). The molecule has 5 nitrogen and oxygen atoms in total. The maximum atomic E-state index is 10.8. The zero-order valence-corrected chi connectivity index (χ0v) is 6.85. The Morgan fingerprint density at radius 3 is 2.64 bits per heavy atom. The van der Waals surface area contributed by atoms with E-state index in [4.69, 9.17) is 0 Å². The van der Waals surface area contributed by atoms with E-state index in [1.165, 1.54) is 7.11 Å². The average Bonchev–Trinajstić information content (AvgIpc) is 2.29. The lowest BCUT2D eigenvalue weighted by Gasteiger charge is -2.03. The van der Waals surface area contributed by atoms with Crippen molar-refractivity contribution in [3.63, 3.8) is 0 Å². The summed E-state index contributed by atoms with van der Waals surface area (Å²) >= 11 is 0. The fraction of sp³-hybridized carbons (Fsp3) is 0.800. The lowest BCUT2D eigenvalue weighted by atomic mass is 10.2. The second-order valence-corrected chi connectivity index (χ2v) is 4.17. The average molecular weight is 179 g/mol. The van der Waals surface area contributed by atoms with Crippen molar-refractivity contribution in [1.29, 1.82) is 0 Å². The number of carbonyl (C=O) groups excluding carboxylic acids is 1. The van der Waals surface area contributed by atoms with Crippen LogP contribution < -0.4 is 4.72 Å². The Morgan fingerprint density at radius 1 is 1.64 bits per heavy atom. The van der Waals surface area contributed by atoms with Gasteiger partial charge in [-0.3, -0.25) is 4.79 Å². The predicted molar refractivity (Wildman–Crippen MR) is 37.3 cm³/mol. The summed E-state index contributed by atoms with van der Waals surface area (Å²) in [5, 5.41) is 0. The molecule has 0 aromatic carbocycles. The van der Waals surface area contributed by atoms with Crippen LogP contribution in [0.3, 0.4) is 0 Å². The van der Waals surface area contributed by atoms with Gasteiger partial charge in [0, 0.05) is 0 Å². The number of hydrogen-bond donors (Lipinski definition) is 1. The molecule has 0 aliphatic carbocycles. The van der Waals surface area contributed by atoms with E-state index in [1.807, 2.05) is 0 Å². The maximum absolute atomic E-state index is 10.8. The molecule has 1 aliphatic rings. The van der Waals surface area contributed by atoms with Crippen LogP contribution >= 0.6 is 0 Å². The molecular formula is C5H9NO4S. The number of esters is 1. The largest absolute Gasteiger partial charge is 0.468 e. The summed E-state index contributed by atoms with van der Waals surface area (Å²) in [6, 6.07) is -0.676. The molecule has 0 radical (unpaired) electrons. The second kappa shape index (κ2) is 2.78. The van der Waals surface area contributed by atoms with Crippen LogP contribution in [0.2, 0.25) is 0 Å². The first kappa shape index (κ1) is 8.48. The molecule has 1 saturated heterocycles. The van der Waals surface area contributed by atoms with Gasteiger partial charge in [-0.2, -0.15) is 0 Å². The summed E-state index contributed by atoms with van der Waals surface area (Å²) in [6.07, 6.45) is 0.301. The van der Waals surface area contributed by atoms with Crippen LogP contribution in [0.1, 0.15) is 6.42 Å². The van der Waals surface area contributed by atoms with Gasteiger partial charge < -0.3 is 4.74 Å². The van der Waals surface area contributed by atoms with Gasteiger partial charge in [0.15, 0.2) is 0 Å². The normalized spacial score (nSPS) is 28.3. The van der Waals surface area contributed by atoms with Crippen molar-refractivity contribution in [2.45, 2.75) is 12.5 Å². The molecule has 1 atom stereocenters. The first-order valence-electron chi connectivity index (χ1n) is 3.13. The number of sulfonamides is 1. The standard InChI is InChI=1S/C5H9NO4S/c1-10-5(7)4-2-3-11(8,9)6-4/h4,6H,2-3H2,1H3/t4-/m1/s1. The molecule has 0 unspecified atom stereocenters. The van der Waals surface area contributed by atoms with Crippen LogP contribution in [0.15, 0.2) is 0 Å². The van der Waals surface area contributed by atoms with Crippen molar-refractivity contribution in [2.24, 2.45) is 0 Å². The lowest BCUT2D eigenvalue weighted by molar-refractivity contribution is -0.142. The number of nitrogens with one attached hydrogen (secondary N) is 1. The van der Waals surface area contributed by atoms with Crippen molar-refractivity contribution >= 4 is 16.0 Å². The maximum Gasteiger partial charge on any atom is 0.323 e. The van der Waals surface area contributed by atoms with Gasteiger partial charge in [0.25, 0.3) is 0 Å². The van der Waals surface area contributed by atoms with Gasteiger partial charge in [-0.25, -0.2) is 13.1 Å². The van der Waals surface area contributed by atoms with Crippen LogP contribution in [-0.2, 0) is 19.6 Å². The summed E-state index contributed by atoms with van der Waals surface area (Å²) in [7, 11) is -1.97. The van der Waals surface area contributed by atoms with Crippen LogP contribution in [0.25, 0.3) is 0 Å². The van der Waals surface area contributed by atoms with Gasteiger partial charge in [-0.1, -0.05) is 0 Å². The van der Waals surface area contributed by atoms with Crippen molar-refractivity contribution in [3.8, 4) is 0 Å². The summed E-state index contributed by atoms with van der Waals surface area (Å²) in [5.41, 5.74) is 0. The Kier molecular flexibility index (Phi) is 2.15. The number of carbonyl (C=O) groups is 1. The minimum atomic E-state index is -3.20. The second-order valence-electron chi connectivity index (χ2n) is 2.30. The summed E-state index contributed by atoms with van der Waals surface area (Å²) in [4.78, 5) is 10.8. The van der Waals surface area contributed by atoms with Crippen LogP contribution in [0, 0.1) is 0 Å². The van der Waals surface area contributed by atoms with Gasteiger partial charge in [0.05, 0.1) is 12.9 Å². The van der Waals surface area contributed by atoms with E-state index >= 15 is 0 Å². The van der Waals surface area contributed by atoms with Gasteiger partial charge in [0.2, 0.25) is 10.0 Å². The predicted octanol–water partition coefficient (Wildman–Crippen LogP) is -1.15. The fourth-order valence-electron chi connectivity index (χ4n) is 0.916. The van der Waals surface area contributed by atoms with E-state index in [9.17, 15) is 13.2 Å². The molecule has 6 heteroatoms. The Labute approximate surface area is 64.8 Å². The van der Waals surface area contributed by atoms with E-state index in [2.05, 4.69) is 9.46 Å². The zero-order valence-electron chi connectivity index (χ0n) is 6.03. The Morgan fingerprint density at radius 2 is 2.27 bits per heavy atom. The topological polar surface area (TPSA) is 72.5 Å². The van der Waals surface area contributed by atoms with Crippen molar-refractivity contribution in [3.05, 3.63) is 0 Å². The molecule has 0 aromatic heterocycles. The van der Waals surface area contributed by atoms with Gasteiger partial charge in [0.1, 0.15) is 6.04 Å². The summed E-state index contributed by atoms with van der Waals surface area (Å²) < 4.78 is 28.0. The third-order valence-corrected chi connectivity index (χ3v) is 2.90. The van der Waals surface area contributed by atoms with Crippen LogP contribution in [0.5, 0.6) is 0 Å². The first-order valence-corrected chi connectivity index (χ1v) is 4.78. The van der Waals surface area contributed by atoms with Crippen molar-refractivity contribution in [2.75, 3.05) is 12.9 Å². The molecular weight excluding hydrogens is 170 g/mol. The lowest BCUT2D eigenvalue weighted by Crippen LogP contribution is -2.33. The molecule has 11 heavy (non-hydrogen) atoms. The van der Waals surface area contributed by atoms with E-state index < -0.39 is 22.0 Å². The van der Waals surface area contributed by atoms with Crippen molar-refractivity contribution < 1.29 is 17.9 Å². The van der Waals surface area contributed by atoms with E-state index in [0.717, 1.165) is 0 Å². The molecule has 0 amide bonds. The molecule has 1 heterocycles. The number of rotatable bonds is 1. The van der Waals surface area contributed by atoms with Crippen LogP contribution in [0.4, 0.5) is 0 Å². The molecule has 1 aliphatic heterocycles. The van der Waals surface area contributed by atoms with Crippen molar-refractivity contribution in [1.82, 2.24) is 4.72 Å². The van der Waals surface area contributed by atoms with E-state index in [-0.39, 0.29) is 5.75 Å². The molecule has 64 valence electrons. The highest BCUT2D eigenvalue weighted by molar-refractivity contribution is 7.89. The van der Waals surface area contributed by atoms with Gasteiger partial charge in [-0.15, -0.1) is 0 Å². The SMILES string of the molecule is COC(=O)[C@H]1CCS(=O)(=O)N1. The summed E-state index contributed by atoms with van der Waals surface area (Å²) in [6.45, 7) is 0. The number of methoxy groups -OCH3 is 1. The molecule has 0 bridgehead atoms. The number of hydrogen-bond acceptors (Lipinski definition) is 4. The molecule has 0 aromatic rings. The van der Waals surface area contributed by atoms with E-state index in [0.29, 0.717) is 6.42 Å². The van der Waals surface area contributed by atoms with Crippen LogP contribution in [-0.4, -0.2) is 33.3 Å². The Bertz CT molecular complexity index is 258. The summed E-state index contributed by atoms with van der Waals surface area (Å²) in [5.74, 6) is -0.515. The zero-order chi connectivity index (χ0) is 8.48. The minimum Gasteiger partial charge on any atom is -0.468 e. The highest BCUT2D eigenvalue weighted by Crippen LogP contribution is 2.08. The van der Waals surface area contributed by atoms with Gasteiger partial charge in [-0.05, 0) is 6.42 Å². The highest BCUT2D eigenvalue weighted by Gasteiger charge is 2.32. The smallest absolute Gasteiger partial charge is 0.323 e. The third-order valence-electron chi connectivity index (χ3n) is 1.48. The molecule has 0 spiro atoms. The van der Waals surface area contributed by atoms with Gasteiger partial charge >= 0.3 is 5.97 Å². The molecule has 1 N–H and O–H groups in total. The number of ether oxygens (including phenoxy) is 1. The van der Waals surface area contributed by atoms with E-state index in [1.54, 1.807) is 0 Å².